The summed E-state index contributed by atoms with van der Waals surface area (Å²) >= 11 is 0. The molecule has 0 aliphatic carbocycles. The Labute approximate surface area is 105 Å². The zero-order chi connectivity index (χ0) is 13.9. The lowest BCUT2D eigenvalue weighted by atomic mass is 9.85. The Balaban J connectivity index is 3.33. The number of rotatable bonds is 4. The van der Waals surface area contributed by atoms with E-state index in [0.29, 0.717) is 5.56 Å². The predicted octanol–water partition coefficient (Wildman–Crippen LogP) is 2.80. The number of hydrogen-bond donors (Lipinski definition) is 1. The van der Waals surface area contributed by atoms with Crippen molar-refractivity contribution in [2.75, 3.05) is 13.9 Å². The molecular weight excluding hydrogens is 239 g/mol. The molecule has 0 spiro atoms. The van der Waals surface area contributed by atoms with Crippen LogP contribution >= 0.6 is 0 Å². The highest BCUT2D eigenvalue weighted by atomic mass is 19.1. The van der Waals surface area contributed by atoms with Gasteiger partial charge in [0.2, 0.25) is 0 Å². The van der Waals surface area contributed by atoms with E-state index in [4.69, 9.17) is 9.84 Å². The Morgan fingerprint density at radius 3 is 2.44 bits per heavy atom. The van der Waals surface area contributed by atoms with Crippen LogP contribution in [0.15, 0.2) is 12.1 Å². The first-order valence-electron chi connectivity index (χ1n) is 5.47. The van der Waals surface area contributed by atoms with E-state index < -0.39 is 22.8 Å². The summed E-state index contributed by atoms with van der Waals surface area (Å²) in [5.41, 5.74) is -0.599. The molecule has 0 atom stereocenters. The third kappa shape index (κ3) is 2.98. The number of halogens is 1. The molecule has 0 radical (unpaired) electrons. The maximum Gasteiger partial charge on any atom is 0.342 e. The van der Waals surface area contributed by atoms with Crippen LogP contribution in [0.4, 0.5) is 4.39 Å². The maximum absolute atomic E-state index is 14.2. The summed E-state index contributed by atoms with van der Waals surface area (Å²) in [6.45, 7) is 5.31. The molecule has 18 heavy (non-hydrogen) atoms. The number of aromatic carboxylic acids is 1. The van der Waals surface area contributed by atoms with Gasteiger partial charge in [-0.15, -0.1) is 0 Å². The minimum Gasteiger partial charge on any atom is -0.477 e. The Bertz CT molecular complexity index is 449. The number of benzene rings is 1. The Morgan fingerprint density at radius 1 is 1.39 bits per heavy atom. The highest BCUT2D eigenvalue weighted by molar-refractivity contribution is 5.91. The topological polar surface area (TPSA) is 55.8 Å². The van der Waals surface area contributed by atoms with Gasteiger partial charge in [-0.3, -0.25) is 0 Å². The van der Waals surface area contributed by atoms with Crippen LogP contribution in [0.1, 0.15) is 36.7 Å². The van der Waals surface area contributed by atoms with E-state index in [9.17, 15) is 9.18 Å². The molecule has 0 amide bonds. The van der Waals surface area contributed by atoms with Crippen molar-refractivity contribution in [1.29, 1.82) is 0 Å². The summed E-state index contributed by atoms with van der Waals surface area (Å²) in [6.07, 6.45) is 0. The van der Waals surface area contributed by atoms with Crippen molar-refractivity contribution >= 4 is 5.97 Å². The normalized spacial score (nSPS) is 11.4. The zero-order valence-electron chi connectivity index (χ0n) is 10.9. The fraction of sp³-hybridized carbons (Fsp3) is 0.462. The van der Waals surface area contributed by atoms with Crippen molar-refractivity contribution in [3.8, 4) is 5.75 Å². The van der Waals surface area contributed by atoms with E-state index in [1.165, 1.54) is 19.2 Å². The molecule has 100 valence electrons. The molecule has 0 aliphatic rings. The lowest BCUT2D eigenvalue weighted by Gasteiger charge is -2.21. The summed E-state index contributed by atoms with van der Waals surface area (Å²) in [4.78, 5) is 11.1. The highest BCUT2D eigenvalue weighted by Gasteiger charge is 2.26. The van der Waals surface area contributed by atoms with Crippen LogP contribution in [0.3, 0.4) is 0 Å². The molecule has 0 unspecified atom stereocenters. The number of carboxylic acids is 1. The van der Waals surface area contributed by atoms with Gasteiger partial charge in [-0.25, -0.2) is 9.18 Å². The summed E-state index contributed by atoms with van der Waals surface area (Å²) in [7, 11) is 1.40. The van der Waals surface area contributed by atoms with Gasteiger partial charge in [-0.05, 0) is 17.0 Å². The second-order valence-electron chi connectivity index (χ2n) is 4.91. The van der Waals surface area contributed by atoms with Gasteiger partial charge in [0.25, 0.3) is 0 Å². The fourth-order valence-corrected chi connectivity index (χ4v) is 1.58. The summed E-state index contributed by atoms with van der Waals surface area (Å²) in [5, 5.41) is 9.08. The number of carbonyl (C=O) groups is 1. The first-order chi connectivity index (χ1) is 8.29. The molecular formula is C13H17FO4. The van der Waals surface area contributed by atoms with Gasteiger partial charge in [0.1, 0.15) is 17.1 Å². The molecule has 0 bridgehead atoms. The largest absolute Gasteiger partial charge is 0.477 e. The molecule has 1 N–H and O–H groups in total. The van der Waals surface area contributed by atoms with Crippen LogP contribution < -0.4 is 4.74 Å². The van der Waals surface area contributed by atoms with Gasteiger partial charge in [0.15, 0.2) is 6.79 Å². The van der Waals surface area contributed by atoms with Gasteiger partial charge in [0, 0.05) is 7.11 Å². The SMILES string of the molecule is COCOc1ccc(C(C)(C)C)c(F)c1C(=O)O. The van der Waals surface area contributed by atoms with E-state index in [1.54, 1.807) is 0 Å². The number of carboxylic acid groups (broad SMARTS) is 1. The first kappa shape index (κ1) is 14.4. The van der Waals surface area contributed by atoms with E-state index in [0.717, 1.165) is 0 Å². The molecule has 0 aromatic heterocycles. The van der Waals surface area contributed by atoms with Crippen molar-refractivity contribution in [3.05, 3.63) is 29.1 Å². The minimum absolute atomic E-state index is 0.0325. The fourth-order valence-electron chi connectivity index (χ4n) is 1.58. The third-order valence-corrected chi connectivity index (χ3v) is 2.46. The Morgan fingerprint density at radius 2 is 2.00 bits per heavy atom. The van der Waals surface area contributed by atoms with Gasteiger partial charge in [-0.1, -0.05) is 26.8 Å². The minimum atomic E-state index is -1.36. The lowest BCUT2D eigenvalue weighted by Crippen LogP contribution is -2.17. The van der Waals surface area contributed by atoms with Crippen LogP contribution in [0.25, 0.3) is 0 Å². The van der Waals surface area contributed by atoms with Gasteiger partial charge in [0.05, 0.1) is 0 Å². The van der Waals surface area contributed by atoms with Crippen LogP contribution in [0.2, 0.25) is 0 Å². The molecule has 0 heterocycles. The van der Waals surface area contributed by atoms with Crippen LogP contribution in [-0.2, 0) is 10.2 Å². The maximum atomic E-state index is 14.2. The average molecular weight is 256 g/mol. The van der Waals surface area contributed by atoms with E-state index in [-0.39, 0.29) is 12.5 Å². The molecule has 5 heteroatoms. The van der Waals surface area contributed by atoms with Crippen LogP contribution in [-0.4, -0.2) is 25.0 Å². The van der Waals surface area contributed by atoms with Gasteiger partial charge < -0.3 is 14.6 Å². The van der Waals surface area contributed by atoms with E-state index in [2.05, 4.69) is 4.74 Å². The average Bonchev–Trinajstić information content (AvgIpc) is 2.23. The van der Waals surface area contributed by atoms with Crippen molar-refractivity contribution in [2.24, 2.45) is 0 Å². The van der Waals surface area contributed by atoms with Crippen molar-refractivity contribution in [1.82, 2.24) is 0 Å². The Kier molecular flexibility index (Phi) is 4.29. The number of methoxy groups -OCH3 is 1. The van der Waals surface area contributed by atoms with E-state index >= 15 is 0 Å². The van der Waals surface area contributed by atoms with Crippen LogP contribution in [0, 0.1) is 5.82 Å². The number of ether oxygens (including phenoxy) is 2. The van der Waals surface area contributed by atoms with Crippen molar-refractivity contribution in [3.63, 3.8) is 0 Å². The van der Waals surface area contributed by atoms with Crippen molar-refractivity contribution < 1.29 is 23.8 Å². The Hall–Kier alpha value is -1.62. The first-order valence-corrected chi connectivity index (χ1v) is 5.47. The summed E-state index contributed by atoms with van der Waals surface area (Å²) in [6, 6.07) is 2.99. The van der Waals surface area contributed by atoms with E-state index in [1.807, 2.05) is 20.8 Å². The monoisotopic (exact) mass is 256 g/mol. The van der Waals surface area contributed by atoms with Gasteiger partial charge in [-0.2, -0.15) is 0 Å². The molecule has 4 nitrogen and oxygen atoms in total. The summed E-state index contributed by atoms with van der Waals surface area (Å²) in [5.74, 6) is -2.15. The number of hydrogen-bond acceptors (Lipinski definition) is 3. The molecule has 0 aliphatic heterocycles. The second kappa shape index (κ2) is 5.35. The predicted molar refractivity (Wildman–Crippen MR) is 64.6 cm³/mol. The smallest absolute Gasteiger partial charge is 0.342 e. The molecule has 0 saturated carbocycles. The molecule has 1 aromatic carbocycles. The molecule has 0 saturated heterocycles. The molecule has 0 fully saturated rings. The lowest BCUT2D eigenvalue weighted by molar-refractivity contribution is 0.0478. The quantitative estimate of drug-likeness (QED) is 0.841. The van der Waals surface area contributed by atoms with Crippen molar-refractivity contribution in [2.45, 2.75) is 26.2 Å². The second-order valence-corrected chi connectivity index (χ2v) is 4.91. The van der Waals surface area contributed by atoms with Gasteiger partial charge >= 0.3 is 5.97 Å². The molecule has 1 aromatic rings. The standard InChI is InChI=1S/C13H17FO4/c1-13(2,3)8-5-6-9(18-7-17-4)10(11(8)14)12(15)16/h5-6H,7H2,1-4H3,(H,15,16). The third-order valence-electron chi connectivity index (χ3n) is 2.46. The zero-order valence-corrected chi connectivity index (χ0v) is 10.9. The highest BCUT2D eigenvalue weighted by Crippen LogP contribution is 2.31. The van der Waals surface area contributed by atoms with Crippen LogP contribution in [0.5, 0.6) is 5.75 Å². The summed E-state index contributed by atoms with van der Waals surface area (Å²) < 4.78 is 23.9. The molecule has 1 rings (SSSR count).